The Labute approximate surface area is 104 Å². The molecule has 1 aromatic rings. The van der Waals surface area contributed by atoms with Gasteiger partial charge in [0, 0.05) is 21.1 Å². The van der Waals surface area contributed by atoms with Gasteiger partial charge in [0.1, 0.15) is 0 Å². The van der Waals surface area contributed by atoms with E-state index in [-0.39, 0.29) is 11.1 Å². The molecule has 0 aromatic heterocycles. The van der Waals surface area contributed by atoms with Crippen LogP contribution in [-0.4, -0.2) is 37.2 Å². The molecule has 0 unspecified atom stereocenters. The van der Waals surface area contributed by atoms with E-state index in [1.165, 1.54) is 39.3 Å². The molecule has 0 radical (unpaired) electrons. The van der Waals surface area contributed by atoms with Crippen LogP contribution in [-0.2, 0) is 14.2 Å². The zero-order valence-electron chi connectivity index (χ0n) is 10.3. The third-order valence-electron chi connectivity index (χ3n) is 2.40. The van der Waals surface area contributed by atoms with E-state index >= 15 is 0 Å². The van der Waals surface area contributed by atoms with E-state index in [9.17, 15) is 9.59 Å². The highest BCUT2D eigenvalue weighted by Crippen LogP contribution is 2.17. The van der Waals surface area contributed by atoms with Crippen LogP contribution in [0.4, 0.5) is 0 Å². The van der Waals surface area contributed by atoms with Crippen molar-refractivity contribution in [2.24, 2.45) is 0 Å². The number of carbonyl (C=O) groups excluding carboxylic acids is 1. The van der Waals surface area contributed by atoms with Crippen LogP contribution in [0.3, 0.4) is 0 Å². The maximum absolute atomic E-state index is 11.9. The van der Waals surface area contributed by atoms with Crippen molar-refractivity contribution in [1.29, 1.82) is 0 Å². The lowest BCUT2D eigenvalue weighted by Crippen LogP contribution is -2.36. The summed E-state index contributed by atoms with van der Waals surface area (Å²) in [5, 5.41) is 8.96. The van der Waals surface area contributed by atoms with Gasteiger partial charge in [-0.25, -0.2) is 9.59 Å². The third-order valence-corrected chi connectivity index (χ3v) is 2.40. The molecule has 0 aliphatic heterocycles. The number of aromatic carboxylic acids is 1. The van der Waals surface area contributed by atoms with E-state index in [2.05, 4.69) is 0 Å². The van der Waals surface area contributed by atoms with Gasteiger partial charge in [-0.05, 0) is 12.1 Å². The SMILES string of the molecule is COC(C)(OC)OC(=O)c1ccccc1C(=O)O. The van der Waals surface area contributed by atoms with E-state index in [4.69, 9.17) is 19.3 Å². The Morgan fingerprint density at radius 3 is 2.06 bits per heavy atom. The second kappa shape index (κ2) is 5.61. The predicted molar refractivity (Wildman–Crippen MR) is 61.2 cm³/mol. The van der Waals surface area contributed by atoms with Crippen LogP contribution in [0, 0.1) is 0 Å². The van der Waals surface area contributed by atoms with Crippen molar-refractivity contribution in [2.45, 2.75) is 12.9 Å². The molecule has 0 aliphatic carbocycles. The maximum Gasteiger partial charge on any atom is 0.343 e. The summed E-state index contributed by atoms with van der Waals surface area (Å²) in [5.74, 6) is -3.60. The molecule has 0 saturated carbocycles. The summed E-state index contributed by atoms with van der Waals surface area (Å²) in [7, 11) is 2.61. The van der Waals surface area contributed by atoms with Crippen LogP contribution in [0.1, 0.15) is 27.6 Å². The Morgan fingerprint density at radius 2 is 1.61 bits per heavy atom. The number of carboxylic acids is 1. The van der Waals surface area contributed by atoms with Crippen LogP contribution in [0.25, 0.3) is 0 Å². The zero-order valence-corrected chi connectivity index (χ0v) is 10.3. The van der Waals surface area contributed by atoms with Gasteiger partial charge >= 0.3 is 17.9 Å². The topological polar surface area (TPSA) is 82.1 Å². The second-order valence-corrected chi connectivity index (χ2v) is 3.51. The molecule has 1 rings (SSSR count). The third kappa shape index (κ3) is 3.06. The quantitative estimate of drug-likeness (QED) is 0.633. The van der Waals surface area contributed by atoms with Gasteiger partial charge < -0.3 is 19.3 Å². The fourth-order valence-electron chi connectivity index (χ4n) is 1.24. The molecule has 0 fully saturated rings. The molecule has 1 aromatic carbocycles. The molecule has 6 nitrogen and oxygen atoms in total. The summed E-state index contributed by atoms with van der Waals surface area (Å²) >= 11 is 0. The van der Waals surface area contributed by atoms with Crippen molar-refractivity contribution < 1.29 is 28.9 Å². The highest BCUT2D eigenvalue weighted by molar-refractivity contribution is 6.02. The van der Waals surface area contributed by atoms with Crippen LogP contribution in [0.2, 0.25) is 0 Å². The molecule has 1 N–H and O–H groups in total. The molecule has 0 amide bonds. The Morgan fingerprint density at radius 1 is 1.11 bits per heavy atom. The molecule has 18 heavy (non-hydrogen) atoms. The molecular weight excluding hydrogens is 240 g/mol. The number of hydrogen-bond acceptors (Lipinski definition) is 5. The monoisotopic (exact) mass is 254 g/mol. The standard InChI is InChI=1S/C12H14O6/c1-12(16-2,17-3)18-11(15)9-7-5-4-6-8(9)10(13)14/h4-7H,1-3H3,(H,13,14). The van der Waals surface area contributed by atoms with Gasteiger partial charge in [0.25, 0.3) is 0 Å². The van der Waals surface area contributed by atoms with Crippen molar-refractivity contribution in [1.82, 2.24) is 0 Å². The minimum Gasteiger partial charge on any atom is -0.478 e. The molecule has 0 bridgehead atoms. The summed E-state index contributed by atoms with van der Waals surface area (Å²) in [6.45, 7) is 1.40. The number of rotatable bonds is 5. The van der Waals surface area contributed by atoms with Gasteiger partial charge in [0.15, 0.2) is 0 Å². The molecule has 0 spiro atoms. The van der Waals surface area contributed by atoms with Gasteiger partial charge in [-0.2, -0.15) is 0 Å². The summed E-state index contributed by atoms with van der Waals surface area (Å²) in [6.07, 6.45) is 0. The fourth-order valence-corrected chi connectivity index (χ4v) is 1.24. The number of benzene rings is 1. The van der Waals surface area contributed by atoms with E-state index in [1.807, 2.05) is 0 Å². The van der Waals surface area contributed by atoms with Crippen molar-refractivity contribution in [3.05, 3.63) is 35.4 Å². The number of methoxy groups -OCH3 is 2. The molecule has 98 valence electrons. The van der Waals surface area contributed by atoms with Crippen LogP contribution >= 0.6 is 0 Å². The smallest absolute Gasteiger partial charge is 0.343 e. The highest BCUT2D eigenvalue weighted by atomic mass is 16.9. The van der Waals surface area contributed by atoms with Gasteiger partial charge in [-0.1, -0.05) is 12.1 Å². The predicted octanol–water partition coefficient (Wildman–Crippen LogP) is 1.51. The minimum atomic E-state index is -1.55. The van der Waals surface area contributed by atoms with Gasteiger partial charge in [0.2, 0.25) is 0 Å². The number of carbonyl (C=O) groups is 2. The lowest BCUT2D eigenvalue weighted by molar-refractivity contribution is -0.323. The lowest BCUT2D eigenvalue weighted by Gasteiger charge is -2.25. The second-order valence-electron chi connectivity index (χ2n) is 3.51. The van der Waals surface area contributed by atoms with E-state index in [0.29, 0.717) is 0 Å². The molecule has 6 heteroatoms. The lowest BCUT2D eigenvalue weighted by atomic mass is 10.1. The summed E-state index contributed by atoms with van der Waals surface area (Å²) in [5.41, 5.74) is -0.206. The van der Waals surface area contributed by atoms with Crippen molar-refractivity contribution in [2.75, 3.05) is 14.2 Å². The largest absolute Gasteiger partial charge is 0.478 e. The first kappa shape index (κ1) is 14.1. The average Bonchev–Trinajstić information content (AvgIpc) is 2.38. The number of carboxylic acid groups (broad SMARTS) is 1. The number of esters is 1. The zero-order chi connectivity index (χ0) is 13.8. The van der Waals surface area contributed by atoms with Crippen LogP contribution in [0.15, 0.2) is 24.3 Å². The van der Waals surface area contributed by atoms with Crippen molar-refractivity contribution in [3.63, 3.8) is 0 Å². The molecular formula is C12H14O6. The Hall–Kier alpha value is -1.92. The number of hydrogen-bond donors (Lipinski definition) is 1. The summed E-state index contributed by atoms with van der Waals surface area (Å²) in [4.78, 5) is 22.8. The molecule has 0 saturated heterocycles. The van der Waals surface area contributed by atoms with Crippen LogP contribution in [0.5, 0.6) is 0 Å². The first-order chi connectivity index (χ1) is 8.43. The average molecular weight is 254 g/mol. The maximum atomic E-state index is 11.9. The first-order valence-corrected chi connectivity index (χ1v) is 5.09. The van der Waals surface area contributed by atoms with E-state index < -0.39 is 17.9 Å². The highest BCUT2D eigenvalue weighted by Gasteiger charge is 2.30. The minimum absolute atomic E-state index is 0.0645. The van der Waals surface area contributed by atoms with Gasteiger partial charge in [-0.15, -0.1) is 0 Å². The summed E-state index contributed by atoms with van der Waals surface area (Å²) < 4.78 is 14.7. The van der Waals surface area contributed by atoms with E-state index in [1.54, 1.807) is 6.07 Å². The summed E-state index contributed by atoms with van der Waals surface area (Å²) in [6, 6.07) is 5.74. The van der Waals surface area contributed by atoms with Crippen LogP contribution < -0.4 is 0 Å². The van der Waals surface area contributed by atoms with Gasteiger partial charge in [0.05, 0.1) is 11.1 Å². The molecule has 0 aliphatic rings. The Balaban J connectivity index is 3.01. The van der Waals surface area contributed by atoms with E-state index in [0.717, 1.165) is 0 Å². The number of ether oxygens (including phenoxy) is 3. The normalized spacial score (nSPS) is 11.1. The van der Waals surface area contributed by atoms with Gasteiger partial charge in [-0.3, -0.25) is 0 Å². The Bertz CT molecular complexity index is 450. The molecule has 0 heterocycles. The van der Waals surface area contributed by atoms with Crippen molar-refractivity contribution >= 4 is 11.9 Å². The fraction of sp³-hybridized carbons (Fsp3) is 0.333. The Kier molecular flexibility index (Phi) is 4.41. The first-order valence-electron chi connectivity index (χ1n) is 5.09. The molecule has 0 atom stereocenters. The van der Waals surface area contributed by atoms with Crippen molar-refractivity contribution in [3.8, 4) is 0 Å².